The van der Waals surface area contributed by atoms with Crippen molar-refractivity contribution in [2.45, 2.75) is 6.54 Å². The highest BCUT2D eigenvalue weighted by Crippen LogP contribution is 2.23. The Bertz CT molecular complexity index is 793. The van der Waals surface area contributed by atoms with E-state index in [1.165, 1.54) is 6.07 Å². The van der Waals surface area contributed by atoms with Gasteiger partial charge in [-0.25, -0.2) is 0 Å². The monoisotopic (exact) mass is 268 g/mol. The Morgan fingerprint density at radius 2 is 2.00 bits per heavy atom. The average molecular weight is 268 g/mol. The molecule has 3 aromatic rings. The van der Waals surface area contributed by atoms with Gasteiger partial charge in [-0.15, -0.1) is 0 Å². The van der Waals surface area contributed by atoms with Crippen LogP contribution in [0.5, 0.6) is 5.75 Å². The van der Waals surface area contributed by atoms with E-state index in [-0.39, 0.29) is 11.4 Å². The molecule has 100 valence electrons. The topological polar surface area (TPSA) is 68.3 Å². The van der Waals surface area contributed by atoms with Crippen LogP contribution < -0.4 is 0 Å². The number of aromatic nitrogens is 1. The fourth-order valence-corrected chi connectivity index (χ4v) is 2.29. The summed E-state index contributed by atoms with van der Waals surface area (Å²) in [6, 6.07) is 13.7. The fourth-order valence-electron chi connectivity index (χ4n) is 2.29. The van der Waals surface area contributed by atoms with Gasteiger partial charge in [0.05, 0.1) is 4.92 Å². The Morgan fingerprint density at radius 1 is 1.15 bits per heavy atom. The maximum absolute atomic E-state index is 10.8. The van der Waals surface area contributed by atoms with E-state index in [9.17, 15) is 15.2 Å². The Balaban J connectivity index is 1.98. The maximum atomic E-state index is 10.8. The van der Waals surface area contributed by atoms with Gasteiger partial charge in [-0.3, -0.25) is 10.1 Å². The number of aromatic hydroxyl groups is 1. The number of nitro groups is 1. The van der Waals surface area contributed by atoms with Crippen LogP contribution in [0.15, 0.2) is 54.7 Å². The lowest BCUT2D eigenvalue weighted by Crippen LogP contribution is -1.97. The number of nitro benzene ring substituents is 1. The molecule has 0 radical (unpaired) electrons. The molecular weight excluding hydrogens is 256 g/mol. The highest BCUT2D eigenvalue weighted by Gasteiger charge is 2.09. The molecule has 0 saturated heterocycles. The number of non-ortho nitro benzene ring substituents is 1. The number of hydrogen-bond donors (Lipinski definition) is 1. The summed E-state index contributed by atoms with van der Waals surface area (Å²) >= 11 is 0. The summed E-state index contributed by atoms with van der Waals surface area (Å²) in [5.74, 6) is 0.231. The average Bonchev–Trinajstić information content (AvgIpc) is 2.81. The first-order valence-corrected chi connectivity index (χ1v) is 6.15. The van der Waals surface area contributed by atoms with Gasteiger partial charge in [0.25, 0.3) is 5.69 Å². The lowest BCUT2D eigenvalue weighted by molar-refractivity contribution is -0.384. The second-order valence-corrected chi connectivity index (χ2v) is 4.61. The second kappa shape index (κ2) is 4.70. The van der Waals surface area contributed by atoms with E-state index in [1.54, 1.807) is 30.3 Å². The predicted octanol–water partition coefficient (Wildman–Crippen LogP) is 3.30. The zero-order valence-electron chi connectivity index (χ0n) is 10.6. The predicted molar refractivity (Wildman–Crippen MR) is 75.8 cm³/mol. The van der Waals surface area contributed by atoms with Crippen molar-refractivity contribution in [3.8, 4) is 5.75 Å². The molecule has 20 heavy (non-hydrogen) atoms. The van der Waals surface area contributed by atoms with Crippen molar-refractivity contribution in [3.63, 3.8) is 0 Å². The molecule has 3 rings (SSSR count). The zero-order chi connectivity index (χ0) is 14.1. The van der Waals surface area contributed by atoms with Crippen molar-refractivity contribution < 1.29 is 10.0 Å². The van der Waals surface area contributed by atoms with Gasteiger partial charge in [-0.2, -0.15) is 0 Å². The van der Waals surface area contributed by atoms with Crippen LogP contribution in [0.1, 0.15) is 5.56 Å². The van der Waals surface area contributed by atoms with Gasteiger partial charge in [-0.1, -0.05) is 12.1 Å². The second-order valence-electron chi connectivity index (χ2n) is 4.61. The summed E-state index contributed by atoms with van der Waals surface area (Å²) in [4.78, 5) is 10.4. The van der Waals surface area contributed by atoms with Gasteiger partial charge < -0.3 is 9.67 Å². The molecule has 5 heteroatoms. The highest BCUT2D eigenvalue weighted by atomic mass is 16.6. The minimum atomic E-state index is -0.397. The molecule has 0 aliphatic rings. The Morgan fingerprint density at radius 3 is 2.75 bits per heavy atom. The van der Waals surface area contributed by atoms with Gasteiger partial charge in [0.1, 0.15) is 5.75 Å². The molecule has 0 unspecified atom stereocenters. The van der Waals surface area contributed by atoms with Gasteiger partial charge in [0.2, 0.25) is 0 Å². The molecular formula is C15H12N2O3. The SMILES string of the molecule is O=[N+]([O-])c1ccc2c(ccn2Cc2cccc(O)c2)c1. The van der Waals surface area contributed by atoms with E-state index >= 15 is 0 Å². The first-order chi connectivity index (χ1) is 9.63. The summed E-state index contributed by atoms with van der Waals surface area (Å²) in [7, 11) is 0. The molecule has 0 aliphatic heterocycles. The fraction of sp³-hybridized carbons (Fsp3) is 0.0667. The van der Waals surface area contributed by atoms with E-state index in [0.717, 1.165) is 16.5 Å². The van der Waals surface area contributed by atoms with Crippen LogP contribution in [0.3, 0.4) is 0 Å². The number of fused-ring (bicyclic) bond motifs is 1. The van der Waals surface area contributed by atoms with E-state index in [0.29, 0.717) is 6.54 Å². The lowest BCUT2D eigenvalue weighted by Gasteiger charge is -2.06. The molecule has 0 amide bonds. The molecule has 0 aliphatic carbocycles. The molecule has 2 aromatic carbocycles. The Kier molecular flexibility index (Phi) is 2.87. The smallest absolute Gasteiger partial charge is 0.270 e. The van der Waals surface area contributed by atoms with Crippen molar-refractivity contribution in [3.05, 3.63) is 70.4 Å². The minimum Gasteiger partial charge on any atom is -0.508 e. The summed E-state index contributed by atoms with van der Waals surface area (Å²) in [6.45, 7) is 0.607. The number of nitrogens with zero attached hydrogens (tertiary/aromatic N) is 2. The van der Waals surface area contributed by atoms with Crippen molar-refractivity contribution >= 4 is 16.6 Å². The molecule has 5 nitrogen and oxygen atoms in total. The summed E-state index contributed by atoms with van der Waals surface area (Å²) in [5.41, 5.74) is 1.99. The zero-order valence-corrected chi connectivity index (χ0v) is 10.6. The number of phenolic OH excluding ortho intramolecular Hbond substituents is 1. The van der Waals surface area contributed by atoms with Crippen LogP contribution in [0.25, 0.3) is 10.9 Å². The van der Waals surface area contributed by atoms with Gasteiger partial charge in [0, 0.05) is 35.8 Å². The molecule has 0 spiro atoms. The van der Waals surface area contributed by atoms with Crippen molar-refractivity contribution in [1.29, 1.82) is 0 Å². The van der Waals surface area contributed by atoms with E-state index in [1.807, 2.05) is 22.9 Å². The van der Waals surface area contributed by atoms with Gasteiger partial charge >= 0.3 is 0 Å². The third-order valence-corrected chi connectivity index (χ3v) is 3.23. The third kappa shape index (κ3) is 2.21. The summed E-state index contributed by atoms with van der Waals surface area (Å²) in [5, 5.41) is 21.1. The molecule has 1 aromatic heterocycles. The van der Waals surface area contributed by atoms with E-state index < -0.39 is 4.92 Å². The number of rotatable bonds is 3. The standard InChI is InChI=1S/C15H12N2O3/c18-14-3-1-2-11(8-14)10-16-7-6-12-9-13(17(19)20)4-5-15(12)16/h1-9,18H,10H2. The highest BCUT2D eigenvalue weighted by molar-refractivity contribution is 5.82. The van der Waals surface area contributed by atoms with Crippen LogP contribution >= 0.6 is 0 Å². The quantitative estimate of drug-likeness (QED) is 0.585. The number of phenols is 1. The minimum absolute atomic E-state index is 0.0904. The Hall–Kier alpha value is -2.82. The molecule has 1 N–H and O–H groups in total. The lowest BCUT2D eigenvalue weighted by atomic mass is 10.2. The molecule has 0 fully saturated rings. The van der Waals surface area contributed by atoms with Crippen LogP contribution in [-0.2, 0) is 6.54 Å². The van der Waals surface area contributed by atoms with Gasteiger partial charge in [-0.05, 0) is 29.8 Å². The number of hydrogen-bond acceptors (Lipinski definition) is 3. The molecule has 1 heterocycles. The first kappa shape index (κ1) is 12.2. The largest absolute Gasteiger partial charge is 0.508 e. The van der Waals surface area contributed by atoms with E-state index in [4.69, 9.17) is 0 Å². The molecule has 0 bridgehead atoms. The molecule has 0 atom stereocenters. The van der Waals surface area contributed by atoms with Gasteiger partial charge in [0.15, 0.2) is 0 Å². The first-order valence-electron chi connectivity index (χ1n) is 6.15. The number of benzene rings is 2. The Labute approximate surface area is 114 Å². The van der Waals surface area contributed by atoms with Crippen LogP contribution in [0.4, 0.5) is 5.69 Å². The van der Waals surface area contributed by atoms with Crippen LogP contribution in [0.2, 0.25) is 0 Å². The van der Waals surface area contributed by atoms with Crippen LogP contribution in [-0.4, -0.2) is 14.6 Å². The van der Waals surface area contributed by atoms with Crippen molar-refractivity contribution in [1.82, 2.24) is 4.57 Å². The molecule has 0 saturated carbocycles. The van der Waals surface area contributed by atoms with Crippen LogP contribution in [0, 0.1) is 10.1 Å². The third-order valence-electron chi connectivity index (χ3n) is 3.23. The van der Waals surface area contributed by atoms with Crippen molar-refractivity contribution in [2.75, 3.05) is 0 Å². The maximum Gasteiger partial charge on any atom is 0.270 e. The normalized spacial score (nSPS) is 10.8. The summed E-state index contributed by atoms with van der Waals surface area (Å²) < 4.78 is 1.99. The van der Waals surface area contributed by atoms with Crippen molar-refractivity contribution in [2.24, 2.45) is 0 Å². The van der Waals surface area contributed by atoms with E-state index in [2.05, 4.69) is 0 Å². The summed E-state index contributed by atoms with van der Waals surface area (Å²) in [6.07, 6.45) is 1.89.